The highest BCUT2D eigenvalue weighted by Crippen LogP contribution is 2.45. The molecule has 1 N–H and O–H groups in total. The Morgan fingerprint density at radius 2 is 2.10 bits per heavy atom. The molecule has 0 bridgehead atoms. The second kappa shape index (κ2) is 3.82. The van der Waals surface area contributed by atoms with E-state index in [1.165, 1.54) is 5.56 Å². The van der Waals surface area contributed by atoms with Crippen molar-refractivity contribution >= 4 is 11.7 Å². The Morgan fingerprint density at radius 1 is 1.30 bits per heavy atom. The smallest absolute Gasteiger partial charge is 0.224 e. The number of hydrogen-bond donors (Lipinski definition) is 1. The van der Waals surface area contributed by atoms with Gasteiger partial charge in [-0.1, -0.05) is 35.5 Å². The van der Waals surface area contributed by atoms with E-state index in [9.17, 15) is 0 Å². The van der Waals surface area contributed by atoms with Gasteiger partial charge in [-0.3, -0.25) is 0 Å². The summed E-state index contributed by atoms with van der Waals surface area (Å²) in [5, 5.41) is 11.8. The van der Waals surface area contributed by atoms with Crippen LogP contribution in [0.5, 0.6) is 0 Å². The van der Waals surface area contributed by atoms with Crippen LogP contribution in [-0.4, -0.2) is 26.2 Å². The molecule has 2 aromatic rings. The Hall–Kier alpha value is -2.37. The molecule has 2 aliphatic rings. The summed E-state index contributed by atoms with van der Waals surface area (Å²) in [4.78, 5) is 9.90. The summed E-state index contributed by atoms with van der Waals surface area (Å²) in [5.41, 5.74) is 1.57. The first-order chi connectivity index (χ1) is 9.69. The predicted octanol–water partition coefficient (Wildman–Crippen LogP) is 2.03. The van der Waals surface area contributed by atoms with Gasteiger partial charge in [0.1, 0.15) is 6.33 Å². The third-order valence-electron chi connectivity index (χ3n) is 4.08. The van der Waals surface area contributed by atoms with Gasteiger partial charge in [-0.2, -0.15) is 10.1 Å². The number of aromatic nitrogens is 3. The largest absolute Gasteiger partial charge is 0.367 e. The Labute approximate surface area is 116 Å². The van der Waals surface area contributed by atoms with Gasteiger partial charge in [0.2, 0.25) is 11.7 Å². The lowest BCUT2D eigenvalue weighted by Gasteiger charge is -2.40. The molecule has 0 spiro atoms. The predicted molar refractivity (Wildman–Crippen MR) is 74.3 cm³/mol. The van der Waals surface area contributed by atoms with Crippen molar-refractivity contribution in [2.75, 3.05) is 5.32 Å². The van der Waals surface area contributed by atoms with Gasteiger partial charge in [-0.25, -0.2) is 4.68 Å². The molecular formula is C14H15N5O. The fourth-order valence-corrected chi connectivity index (χ4v) is 3.20. The SMILES string of the molecule is CC1=NO[C@]2(C)Nc3ncnn3C(c3ccccc3)[C@H]12. The molecule has 3 atom stereocenters. The Morgan fingerprint density at radius 3 is 2.90 bits per heavy atom. The summed E-state index contributed by atoms with van der Waals surface area (Å²) in [6, 6.07) is 10.3. The molecule has 6 heteroatoms. The van der Waals surface area contributed by atoms with Crippen LogP contribution in [0.4, 0.5) is 5.95 Å². The molecule has 3 heterocycles. The summed E-state index contributed by atoms with van der Waals surface area (Å²) >= 11 is 0. The van der Waals surface area contributed by atoms with Crippen LogP contribution in [0.15, 0.2) is 41.8 Å². The zero-order valence-corrected chi connectivity index (χ0v) is 11.3. The van der Waals surface area contributed by atoms with Crippen molar-refractivity contribution in [3.8, 4) is 0 Å². The first kappa shape index (κ1) is 11.5. The lowest BCUT2D eigenvalue weighted by atomic mass is 9.81. The normalized spacial score (nSPS) is 30.8. The zero-order chi connectivity index (χ0) is 13.7. The molecule has 1 aromatic carbocycles. The van der Waals surface area contributed by atoms with Crippen molar-refractivity contribution < 1.29 is 4.84 Å². The molecule has 0 aliphatic carbocycles. The van der Waals surface area contributed by atoms with Crippen LogP contribution in [0.2, 0.25) is 0 Å². The van der Waals surface area contributed by atoms with E-state index in [0.29, 0.717) is 5.95 Å². The van der Waals surface area contributed by atoms with Gasteiger partial charge in [0.15, 0.2) is 0 Å². The zero-order valence-electron chi connectivity index (χ0n) is 11.3. The second-order valence-corrected chi connectivity index (χ2v) is 5.42. The highest BCUT2D eigenvalue weighted by molar-refractivity contribution is 5.88. The lowest BCUT2D eigenvalue weighted by Crippen LogP contribution is -2.52. The minimum Gasteiger partial charge on any atom is -0.367 e. The van der Waals surface area contributed by atoms with Crippen molar-refractivity contribution in [2.24, 2.45) is 11.1 Å². The van der Waals surface area contributed by atoms with Crippen LogP contribution >= 0.6 is 0 Å². The average molecular weight is 269 g/mol. The van der Waals surface area contributed by atoms with Crippen LogP contribution < -0.4 is 5.32 Å². The molecule has 6 nitrogen and oxygen atoms in total. The van der Waals surface area contributed by atoms with Gasteiger partial charge in [0.25, 0.3) is 0 Å². The number of fused-ring (bicyclic) bond motifs is 2. The van der Waals surface area contributed by atoms with E-state index in [2.05, 4.69) is 32.7 Å². The van der Waals surface area contributed by atoms with E-state index in [1.807, 2.05) is 36.7 Å². The van der Waals surface area contributed by atoms with Crippen molar-refractivity contribution in [3.63, 3.8) is 0 Å². The van der Waals surface area contributed by atoms with Crippen molar-refractivity contribution in [2.45, 2.75) is 25.6 Å². The summed E-state index contributed by atoms with van der Waals surface area (Å²) < 4.78 is 1.91. The van der Waals surface area contributed by atoms with Gasteiger partial charge in [-0.15, -0.1) is 0 Å². The average Bonchev–Trinajstić information content (AvgIpc) is 3.02. The van der Waals surface area contributed by atoms with Gasteiger partial charge in [0.05, 0.1) is 17.7 Å². The molecule has 0 saturated carbocycles. The summed E-state index contributed by atoms with van der Waals surface area (Å²) in [5.74, 6) is 0.793. The number of oxime groups is 1. The second-order valence-electron chi connectivity index (χ2n) is 5.42. The first-order valence-electron chi connectivity index (χ1n) is 6.64. The van der Waals surface area contributed by atoms with E-state index in [4.69, 9.17) is 4.84 Å². The molecule has 0 radical (unpaired) electrons. The summed E-state index contributed by atoms with van der Waals surface area (Å²) in [7, 11) is 0. The molecule has 1 aromatic heterocycles. The maximum Gasteiger partial charge on any atom is 0.224 e. The molecule has 2 aliphatic heterocycles. The maximum atomic E-state index is 5.63. The quantitative estimate of drug-likeness (QED) is 0.860. The van der Waals surface area contributed by atoms with Crippen molar-refractivity contribution in [1.29, 1.82) is 0 Å². The number of hydrogen-bond acceptors (Lipinski definition) is 5. The molecule has 0 amide bonds. The standard InChI is InChI=1S/C14H15N5O/c1-9-11-12(10-6-4-3-5-7-10)19-13(15-8-16-19)17-14(11,2)20-18-9/h3-8,11-12H,1-2H3,(H,15,16,17)/t11-,12?,14-/m0/s1. The minimum absolute atomic E-state index is 0.0335. The van der Waals surface area contributed by atoms with Gasteiger partial charge < -0.3 is 10.2 Å². The topological polar surface area (TPSA) is 64.3 Å². The third kappa shape index (κ3) is 1.41. The fourth-order valence-electron chi connectivity index (χ4n) is 3.20. The first-order valence-corrected chi connectivity index (χ1v) is 6.64. The highest BCUT2D eigenvalue weighted by Gasteiger charge is 2.53. The fraction of sp³-hybridized carbons (Fsp3) is 0.357. The lowest BCUT2D eigenvalue weighted by molar-refractivity contribution is -0.0234. The molecule has 0 saturated heterocycles. The van der Waals surface area contributed by atoms with Gasteiger partial charge >= 0.3 is 0 Å². The van der Waals surface area contributed by atoms with Crippen LogP contribution in [0.1, 0.15) is 25.5 Å². The molecule has 20 heavy (non-hydrogen) atoms. The van der Waals surface area contributed by atoms with Crippen LogP contribution in [0.3, 0.4) is 0 Å². The molecular weight excluding hydrogens is 254 g/mol. The maximum absolute atomic E-state index is 5.63. The summed E-state index contributed by atoms with van der Waals surface area (Å²) in [6.07, 6.45) is 1.56. The Kier molecular flexibility index (Phi) is 2.19. The number of nitrogens with one attached hydrogen (secondary N) is 1. The van der Waals surface area contributed by atoms with Crippen LogP contribution in [0.25, 0.3) is 0 Å². The van der Waals surface area contributed by atoms with Crippen LogP contribution in [0, 0.1) is 5.92 Å². The highest BCUT2D eigenvalue weighted by atomic mass is 16.7. The van der Waals surface area contributed by atoms with Crippen molar-refractivity contribution in [3.05, 3.63) is 42.2 Å². The number of rotatable bonds is 1. The summed E-state index contributed by atoms with van der Waals surface area (Å²) in [6.45, 7) is 4.00. The molecule has 4 rings (SSSR count). The van der Waals surface area contributed by atoms with E-state index < -0.39 is 5.72 Å². The van der Waals surface area contributed by atoms with E-state index in [-0.39, 0.29) is 12.0 Å². The number of benzene rings is 1. The van der Waals surface area contributed by atoms with Crippen molar-refractivity contribution in [1.82, 2.24) is 14.8 Å². The Bertz CT molecular complexity index is 680. The van der Waals surface area contributed by atoms with E-state index in [0.717, 1.165) is 5.71 Å². The van der Waals surface area contributed by atoms with E-state index >= 15 is 0 Å². The van der Waals surface area contributed by atoms with Gasteiger partial charge in [0, 0.05) is 0 Å². The number of nitrogens with zero attached hydrogens (tertiary/aromatic N) is 4. The minimum atomic E-state index is -0.576. The van der Waals surface area contributed by atoms with E-state index in [1.54, 1.807) is 6.33 Å². The monoisotopic (exact) mass is 269 g/mol. The van der Waals surface area contributed by atoms with Crippen LogP contribution in [-0.2, 0) is 4.84 Å². The Balaban J connectivity index is 1.92. The van der Waals surface area contributed by atoms with Gasteiger partial charge in [-0.05, 0) is 19.4 Å². The molecule has 102 valence electrons. The number of anilines is 1. The third-order valence-corrected chi connectivity index (χ3v) is 4.08. The molecule has 1 unspecified atom stereocenters. The molecule has 0 fully saturated rings.